The molecule has 2 N–H and O–H groups in total. The predicted octanol–water partition coefficient (Wildman–Crippen LogP) is 3.40. The molecular formula is C15H14ClN3. The summed E-state index contributed by atoms with van der Waals surface area (Å²) in [6, 6.07) is 13.7. The Morgan fingerprint density at radius 2 is 1.89 bits per heavy atom. The summed E-state index contributed by atoms with van der Waals surface area (Å²) in [4.78, 5) is 4.63. The zero-order chi connectivity index (χ0) is 13.4. The molecule has 0 atom stereocenters. The normalized spacial score (nSPS) is 11.1. The number of para-hydroxylation sites is 1. The zero-order valence-corrected chi connectivity index (χ0v) is 11.4. The van der Waals surface area contributed by atoms with E-state index in [1.54, 1.807) is 0 Å². The maximum absolute atomic E-state index is 5.96. The first-order valence-corrected chi connectivity index (χ1v) is 6.47. The van der Waals surface area contributed by atoms with E-state index in [-0.39, 0.29) is 0 Å². The van der Waals surface area contributed by atoms with Crippen LogP contribution in [-0.2, 0) is 13.5 Å². The molecule has 0 unspecified atom stereocenters. The van der Waals surface area contributed by atoms with Gasteiger partial charge in [-0.15, -0.1) is 0 Å². The summed E-state index contributed by atoms with van der Waals surface area (Å²) < 4.78 is 2.08. The fraction of sp³-hybridized carbons (Fsp3) is 0.133. The predicted molar refractivity (Wildman–Crippen MR) is 79.4 cm³/mol. The first-order chi connectivity index (χ1) is 9.15. The molecule has 1 heterocycles. The number of nitrogens with two attached hydrogens (primary N) is 1. The number of rotatable bonds is 2. The van der Waals surface area contributed by atoms with Crippen LogP contribution >= 0.6 is 11.6 Å². The van der Waals surface area contributed by atoms with Crippen LogP contribution in [0, 0.1) is 0 Å². The number of nitrogen functional groups attached to an aromatic ring is 1. The van der Waals surface area contributed by atoms with Crippen molar-refractivity contribution in [2.24, 2.45) is 7.05 Å². The Bertz CT molecular complexity index is 729. The van der Waals surface area contributed by atoms with Gasteiger partial charge in [0.1, 0.15) is 11.3 Å². The number of aryl methyl sites for hydroxylation is 1. The van der Waals surface area contributed by atoms with Gasteiger partial charge in [0.25, 0.3) is 0 Å². The van der Waals surface area contributed by atoms with Crippen LogP contribution in [0.4, 0.5) is 5.69 Å². The van der Waals surface area contributed by atoms with Crippen LogP contribution in [0.1, 0.15) is 11.4 Å². The van der Waals surface area contributed by atoms with Crippen molar-refractivity contribution in [2.45, 2.75) is 6.42 Å². The summed E-state index contributed by atoms with van der Waals surface area (Å²) in [5.74, 6) is 0.996. The molecule has 3 nitrogen and oxygen atoms in total. The maximum atomic E-state index is 5.96. The van der Waals surface area contributed by atoms with E-state index in [1.807, 2.05) is 49.5 Å². The van der Waals surface area contributed by atoms with Crippen LogP contribution < -0.4 is 5.73 Å². The number of imidazole rings is 1. The molecule has 0 aliphatic carbocycles. The molecule has 2 aromatic carbocycles. The number of nitrogens with zero attached hydrogens (tertiary/aromatic N) is 2. The van der Waals surface area contributed by atoms with Gasteiger partial charge in [0.15, 0.2) is 0 Å². The zero-order valence-electron chi connectivity index (χ0n) is 10.6. The van der Waals surface area contributed by atoms with Gasteiger partial charge in [-0.25, -0.2) is 4.98 Å². The van der Waals surface area contributed by atoms with Crippen LogP contribution in [0.15, 0.2) is 42.5 Å². The van der Waals surface area contributed by atoms with Crippen LogP contribution in [0.2, 0.25) is 5.02 Å². The Morgan fingerprint density at radius 1 is 1.16 bits per heavy atom. The average Bonchev–Trinajstić information content (AvgIpc) is 2.72. The van der Waals surface area contributed by atoms with E-state index in [9.17, 15) is 0 Å². The lowest BCUT2D eigenvalue weighted by Gasteiger charge is -2.03. The van der Waals surface area contributed by atoms with Crippen LogP contribution in [0.5, 0.6) is 0 Å². The fourth-order valence-electron chi connectivity index (χ4n) is 2.23. The molecule has 96 valence electrons. The van der Waals surface area contributed by atoms with Crippen molar-refractivity contribution in [3.05, 3.63) is 58.9 Å². The van der Waals surface area contributed by atoms with Crippen LogP contribution in [-0.4, -0.2) is 9.55 Å². The Hall–Kier alpha value is -2.00. The largest absolute Gasteiger partial charge is 0.397 e. The molecule has 4 heteroatoms. The van der Waals surface area contributed by atoms with Gasteiger partial charge in [0.2, 0.25) is 0 Å². The highest BCUT2D eigenvalue weighted by molar-refractivity contribution is 6.30. The van der Waals surface area contributed by atoms with Crippen molar-refractivity contribution in [2.75, 3.05) is 5.73 Å². The standard InChI is InChI=1S/C15H14ClN3/c1-19-13-4-2-3-12(17)15(13)18-14(19)9-10-5-7-11(16)8-6-10/h2-8H,9,17H2,1H3. The minimum Gasteiger partial charge on any atom is -0.397 e. The molecule has 0 radical (unpaired) electrons. The highest BCUT2D eigenvalue weighted by Gasteiger charge is 2.10. The average molecular weight is 272 g/mol. The highest BCUT2D eigenvalue weighted by atomic mass is 35.5. The van der Waals surface area contributed by atoms with Gasteiger partial charge in [-0.05, 0) is 29.8 Å². The molecule has 0 fully saturated rings. The highest BCUT2D eigenvalue weighted by Crippen LogP contribution is 2.22. The first-order valence-electron chi connectivity index (χ1n) is 6.09. The smallest absolute Gasteiger partial charge is 0.114 e. The Kier molecular flexibility index (Phi) is 2.91. The van der Waals surface area contributed by atoms with Gasteiger partial charge in [-0.1, -0.05) is 29.8 Å². The van der Waals surface area contributed by atoms with Crippen molar-refractivity contribution in [1.82, 2.24) is 9.55 Å². The van der Waals surface area contributed by atoms with Crippen molar-refractivity contribution < 1.29 is 0 Å². The number of hydrogen-bond acceptors (Lipinski definition) is 2. The lowest BCUT2D eigenvalue weighted by atomic mass is 10.1. The van der Waals surface area contributed by atoms with E-state index in [1.165, 1.54) is 5.56 Å². The van der Waals surface area contributed by atoms with Gasteiger partial charge in [0, 0.05) is 18.5 Å². The number of hydrogen-bond donors (Lipinski definition) is 1. The summed E-state index contributed by atoms with van der Waals surface area (Å²) in [5, 5.41) is 0.748. The van der Waals surface area contributed by atoms with Crippen molar-refractivity contribution in [3.8, 4) is 0 Å². The van der Waals surface area contributed by atoms with Crippen molar-refractivity contribution in [1.29, 1.82) is 0 Å². The molecule has 0 amide bonds. The maximum Gasteiger partial charge on any atom is 0.114 e. The molecule has 0 spiro atoms. The second kappa shape index (κ2) is 4.59. The summed E-state index contributed by atoms with van der Waals surface area (Å²) in [5.41, 5.74) is 9.79. The summed E-state index contributed by atoms with van der Waals surface area (Å²) in [6.07, 6.45) is 0.766. The minimum absolute atomic E-state index is 0.718. The van der Waals surface area contributed by atoms with E-state index >= 15 is 0 Å². The summed E-state index contributed by atoms with van der Waals surface area (Å²) in [6.45, 7) is 0. The van der Waals surface area contributed by atoms with E-state index in [4.69, 9.17) is 17.3 Å². The SMILES string of the molecule is Cn1c(Cc2ccc(Cl)cc2)nc2c(N)cccc21. The third-order valence-electron chi connectivity index (χ3n) is 3.31. The van der Waals surface area contributed by atoms with Crippen LogP contribution in [0.3, 0.4) is 0 Å². The first kappa shape index (κ1) is 12.1. The molecule has 0 bridgehead atoms. The molecule has 0 saturated heterocycles. The quantitative estimate of drug-likeness (QED) is 0.726. The second-order valence-corrected chi connectivity index (χ2v) is 5.04. The Labute approximate surface area is 116 Å². The molecule has 0 aliphatic heterocycles. The molecule has 3 aromatic rings. The van der Waals surface area contributed by atoms with E-state index in [2.05, 4.69) is 9.55 Å². The molecule has 3 rings (SSSR count). The van der Waals surface area contributed by atoms with Gasteiger partial charge < -0.3 is 10.3 Å². The Balaban J connectivity index is 2.03. The van der Waals surface area contributed by atoms with Crippen molar-refractivity contribution in [3.63, 3.8) is 0 Å². The third kappa shape index (κ3) is 2.17. The fourth-order valence-corrected chi connectivity index (χ4v) is 2.35. The van der Waals surface area contributed by atoms with Gasteiger partial charge in [-0.2, -0.15) is 0 Å². The monoisotopic (exact) mass is 271 g/mol. The number of fused-ring (bicyclic) bond motifs is 1. The van der Waals surface area contributed by atoms with E-state index in [0.29, 0.717) is 0 Å². The van der Waals surface area contributed by atoms with Gasteiger partial charge in [0.05, 0.1) is 11.2 Å². The topological polar surface area (TPSA) is 43.8 Å². The van der Waals surface area contributed by atoms with Crippen LogP contribution in [0.25, 0.3) is 11.0 Å². The lowest BCUT2D eigenvalue weighted by Crippen LogP contribution is -1.98. The number of aromatic nitrogens is 2. The molecular weight excluding hydrogens is 258 g/mol. The number of anilines is 1. The summed E-state index contributed by atoms with van der Waals surface area (Å²) >= 11 is 5.89. The molecule has 0 aliphatic rings. The molecule has 0 saturated carbocycles. The number of halogens is 1. The van der Waals surface area contributed by atoms with Gasteiger partial charge in [-0.3, -0.25) is 0 Å². The Morgan fingerprint density at radius 3 is 2.58 bits per heavy atom. The van der Waals surface area contributed by atoms with Gasteiger partial charge >= 0.3 is 0 Å². The number of benzene rings is 2. The van der Waals surface area contributed by atoms with E-state index < -0.39 is 0 Å². The second-order valence-electron chi connectivity index (χ2n) is 4.61. The summed E-state index contributed by atoms with van der Waals surface area (Å²) in [7, 11) is 2.01. The molecule has 19 heavy (non-hydrogen) atoms. The molecule has 1 aromatic heterocycles. The van der Waals surface area contributed by atoms with Crippen molar-refractivity contribution >= 4 is 28.3 Å². The van der Waals surface area contributed by atoms with E-state index in [0.717, 1.165) is 34.0 Å². The minimum atomic E-state index is 0.718. The lowest BCUT2D eigenvalue weighted by molar-refractivity contribution is 0.845. The third-order valence-corrected chi connectivity index (χ3v) is 3.56.